The maximum Gasteiger partial charge on any atom is 0.417 e. The molecule has 0 unspecified atom stereocenters. The molecule has 1 aromatic rings. The van der Waals surface area contributed by atoms with Gasteiger partial charge in [-0.2, -0.15) is 18.4 Å². The van der Waals surface area contributed by atoms with Crippen LogP contribution in [0.1, 0.15) is 38.8 Å². The summed E-state index contributed by atoms with van der Waals surface area (Å²) >= 11 is 5.33. The first-order valence-electron chi connectivity index (χ1n) is 7.22. The first-order valence-corrected chi connectivity index (χ1v) is 7.63. The highest BCUT2D eigenvalue weighted by Gasteiger charge is 2.50. The average Bonchev–Trinajstić information content (AvgIpc) is 2.63. The lowest BCUT2D eigenvalue weighted by Crippen LogP contribution is -2.47. The van der Waals surface area contributed by atoms with Crippen molar-refractivity contribution in [1.29, 1.82) is 5.26 Å². The number of rotatable bonds is 2. The van der Waals surface area contributed by atoms with E-state index in [0.717, 1.165) is 17.0 Å². The van der Waals surface area contributed by atoms with Gasteiger partial charge in [0, 0.05) is 6.04 Å². The molecular formula is C16H16F3N3OS. The van der Waals surface area contributed by atoms with Gasteiger partial charge in [0.25, 0.3) is 5.91 Å². The van der Waals surface area contributed by atoms with E-state index in [9.17, 15) is 18.0 Å². The van der Waals surface area contributed by atoms with E-state index >= 15 is 0 Å². The predicted molar refractivity (Wildman–Crippen MR) is 87.3 cm³/mol. The van der Waals surface area contributed by atoms with Gasteiger partial charge in [0.05, 0.1) is 22.9 Å². The van der Waals surface area contributed by atoms with E-state index in [2.05, 4.69) is 0 Å². The molecule has 8 heteroatoms. The van der Waals surface area contributed by atoms with Crippen LogP contribution in [0.5, 0.6) is 0 Å². The Labute approximate surface area is 143 Å². The number of thiocarbonyl (C=S) groups is 1. The first kappa shape index (κ1) is 18.2. The number of anilines is 1. The number of benzene rings is 1. The third-order valence-corrected chi connectivity index (χ3v) is 4.31. The van der Waals surface area contributed by atoms with Crippen LogP contribution in [0.25, 0.3) is 0 Å². The van der Waals surface area contributed by atoms with Crippen LogP contribution in [-0.2, 0) is 11.0 Å². The Morgan fingerprint density at radius 1 is 1.29 bits per heavy atom. The van der Waals surface area contributed by atoms with Crippen molar-refractivity contribution in [2.45, 2.75) is 45.5 Å². The van der Waals surface area contributed by atoms with Crippen molar-refractivity contribution >= 4 is 28.9 Å². The predicted octanol–water partition coefficient (Wildman–Crippen LogP) is 3.70. The highest BCUT2D eigenvalue weighted by Crippen LogP contribution is 2.38. The molecule has 0 aliphatic carbocycles. The van der Waals surface area contributed by atoms with Gasteiger partial charge < -0.3 is 4.90 Å². The van der Waals surface area contributed by atoms with Crippen molar-refractivity contribution < 1.29 is 18.0 Å². The highest BCUT2D eigenvalue weighted by molar-refractivity contribution is 7.80. The summed E-state index contributed by atoms with van der Waals surface area (Å²) < 4.78 is 39.5. The van der Waals surface area contributed by atoms with E-state index in [-0.39, 0.29) is 16.8 Å². The van der Waals surface area contributed by atoms with Crippen molar-refractivity contribution in [3.63, 3.8) is 0 Å². The molecule has 0 radical (unpaired) electrons. The molecule has 1 aliphatic heterocycles. The molecule has 2 rings (SSSR count). The number of hydrogen-bond donors (Lipinski definition) is 0. The maximum atomic E-state index is 13.2. The second kappa shape index (κ2) is 5.74. The van der Waals surface area contributed by atoms with Gasteiger partial charge in [-0.1, -0.05) is 0 Å². The quantitative estimate of drug-likeness (QED) is 0.759. The van der Waals surface area contributed by atoms with Gasteiger partial charge in [0.2, 0.25) is 0 Å². The monoisotopic (exact) mass is 355 g/mol. The van der Waals surface area contributed by atoms with Crippen molar-refractivity contribution in [2.24, 2.45) is 0 Å². The van der Waals surface area contributed by atoms with Crippen molar-refractivity contribution in [2.75, 3.05) is 4.90 Å². The second-order valence-electron chi connectivity index (χ2n) is 6.29. The summed E-state index contributed by atoms with van der Waals surface area (Å²) in [5.74, 6) is -0.404. The Bertz CT molecular complexity index is 750. The number of nitriles is 1. The minimum Gasteiger partial charge on any atom is -0.332 e. The Hall–Kier alpha value is -2.14. The standard InChI is InChI=1S/C16H16F3N3OS/c1-9(2)22-14(24)21(13(23)15(22,3)4)11-6-5-10(8-20)12(7-11)16(17,18)19/h5-7,9H,1-4H3. The Kier molecular flexibility index (Phi) is 4.35. The van der Waals surface area contributed by atoms with Crippen molar-refractivity contribution in [3.8, 4) is 6.07 Å². The van der Waals surface area contributed by atoms with E-state index in [1.807, 2.05) is 13.8 Å². The van der Waals surface area contributed by atoms with Crippen LogP contribution in [0.3, 0.4) is 0 Å². The van der Waals surface area contributed by atoms with Crippen LogP contribution in [0.2, 0.25) is 0 Å². The summed E-state index contributed by atoms with van der Waals surface area (Å²) in [5.41, 5.74) is -2.53. The molecule has 1 amide bonds. The number of halogens is 3. The zero-order valence-electron chi connectivity index (χ0n) is 13.6. The smallest absolute Gasteiger partial charge is 0.332 e. The third-order valence-electron chi connectivity index (χ3n) is 3.93. The van der Waals surface area contributed by atoms with Gasteiger partial charge in [-0.25, -0.2) is 0 Å². The SMILES string of the molecule is CC(C)N1C(=S)N(c2ccc(C#N)c(C(F)(F)F)c2)C(=O)C1(C)C. The number of alkyl halides is 3. The summed E-state index contributed by atoms with van der Waals surface area (Å²) in [6.45, 7) is 7.06. The Morgan fingerprint density at radius 2 is 1.88 bits per heavy atom. The number of nitrogens with zero attached hydrogens (tertiary/aromatic N) is 3. The zero-order chi connectivity index (χ0) is 18.4. The molecule has 0 bridgehead atoms. The van der Waals surface area contributed by atoms with Crippen molar-refractivity contribution in [3.05, 3.63) is 29.3 Å². The molecule has 1 aromatic carbocycles. The van der Waals surface area contributed by atoms with Crippen LogP contribution in [0, 0.1) is 11.3 Å². The van der Waals surface area contributed by atoms with Crippen molar-refractivity contribution in [1.82, 2.24) is 4.90 Å². The number of amides is 1. The highest BCUT2D eigenvalue weighted by atomic mass is 32.1. The van der Waals surface area contributed by atoms with E-state index in [0.29, 0.717) is 0 Å². The van der Waals surface area contributed by atoms with Crippen LogP contribution >= 0.6 is 12.2 Å². The summed E-state index contributed by atoms with van der Waals surface area (Å²) in [7, 11) is 0. The molecular weight excluding hydrogens is 339 g/mol. The lowest BCUT2D eigenvalue weighted by Gasteiger charge is -2.33. The topological polar surface area (TPSA) is 47.3 Å². The van der Waals surface area contributed by atoms with E-state index in [1.165, 1.54) is 12.1 Å². The number of hydrogen-bond acceptors (Lipinski definition) is 3. The van der Waals surface area contributed by atoms with Gasteiger partial charge in [0.1, 0.15) is 5.54 Å². The summed E-state index contributed by atoms with van der Waals surface area (Å²) in [4.78, 5) is 15.5. The molecule has 128 valence electrons. The average molecular weight is 355 g/mol. The lowest BCUT2D eigenvalue weighted by molar-refractivity contribution is -0.137. The molecule has 1 saturated heterocycles. The number of carbonyl (C=O) groups is 1. The molecule has 4 nitrogen and oxygen atoms in total. The molecule has 0 aromatic heterocycles. The minimum absolute atomic E-state index is 0.00699. The van der Waals surface area contributed by atoms with E-state index < -0.39 is 28.7 Å². The first-order chi connectivity index (χ1) is 10.9. The maximum absolute atomic E-state index is 13.2. The van der Waals surface area contributed by atoms with E-state index in [4.69, 9.17) is 17.5 Å². The van der Waals surface area contributed by atoms with Crippen LogP contribution in [0.4, 0.5) is 18.9 Å². The number of carbonyl (C=O) groups excluding carboxylic acids is 1. The molecule has 0 spiro atoms. The lowest BCUT2D eigenvalue weighted by atomic mass is 10.0. The Morgan fingerprint density at radius 3 is 2.29 bits per heavy atom. The van der Waals surface area contributed by atoms with Crippen LogP contribution < -0.4 is 4.90 Å². The molecule has 0 atom stereocenters. The summed E-state index contributed by atoms with van der Waals surface area (Å²) in [6, 6.07) is 4.58. The minimum atomic E-state index is -4.70. The van der Waals surface area contributed by atoms with Gasteiger partial charge in [0.15, 0.2) is 5.11 Å². The molecule has 0 N–H and O–H groups in total. The van der Waals surface area contributed by atoms with Gasteiger partial charge in [-0.15, -0.1) is 0 Å². The summed E-state index contributed by atoms with van der Waals surface area (Å²) in [5, 5.41) is 9.03. The summed E-state index contributed by atoms with van der Waals surface area (Å²) in [6.07, 6.45) is -4.70. The molecule has 1 aliphatic rings. The van der Waals surface area contributed by atoms with Gasteiger partial charge in [-0.05, 0) is 58.1 Å². The molecule has 0 saturated carbocycles. The largest absolute Gasteiger partial charge is 0.417 e. The zero-order valence-corrected chi connectivity index (χ0v) is 14.4. The third kappa shape index (κ3) is 2.73. The molecule has 1 heterocycles. The van der Waals surface area contributed by atoms with Crippen LogP contribution in [-0.4, -0.2) is 27.5 Å². The fourth-order valence-corrected chi connectivity index (χ4v) is 3.54. The Balaban J connectivity index is 2.59. The fourth-order valence-electron chi connectivity index (χ4n) is 2.91. The molecule has 24 heavy (non-hydrogen) atoms. The van der Waals surface area contributed by atoms with E-state index in [1.54, 1.807) is 18.7 Å². The van der Waals surface area contributed by atoms with Crippen LogP contribution in [0.15, 0.2) is 18.2 Å². The van der Waals surface area contributed by atoms with Gasteiger partial charge in [-0.3, -0.25) is 9.69 Å². The molecule has 1 fully saturated rings. The van der Waals surface area contributed by atoms with Gasteiger partial charge >= 0.3 is 6.18 Å². The normalized spacial score (nSPS) is 17.6. The fraction of sp³-hybridized carbons (Fsp3) is 0.438. The second-order valence-corrected chi connectivity index (χ2v) is 6.65.